The molecule has 3 nitrogen and oxygen atoms in total. The van der Waals surface area contributed by atoms with Crippen LogP contribution in [0.2, 0.25) is 20.1 Å². The number of hydrogen-bond acceptors (Lipinski definition) is 3. The summed E-state index contributed by atoms with van der Waals surface area (Å²) in [5.74, 6) is 0. The lowest BCUT2D eigenvalue weighted by Crippen LogP contribution is -2.28. The number of unbranched alkanes of at least 4 members (excludes halogenated alkanes) is 2. The number of fused-ring (bicyclic) bond motifs is 1. The number of rotatable bonds is 11. The first-order chi connectivity index (χ1) is 15.8. The van der Waals surface area contributed by atoms with Crippen molar-refractivity contribution in [1.29, 1.82) is 0 Å². The van der Waals surface area contributed by atoms with E-state index in [9.17, 15) is 5.11 Å². The third-order valence-electron chi connectivity index (χ3n) is 5.81. The number of nitrogens with zero attached hydrogens (tertiary/aromatic N) is 2. The number of aromatic nitrogens is 1. The van der Waals surface area contributed by atoms with E-state index in [1.807, 2.05) is 18.2 Å². The number of aliphatic hydroxyl groups is 1. The summed E-state index contributed by atoms with van der Waals surface area (Å²) in [6.45, 7) is 7.32. The fraction of sp³-hybridized carbons (Fsp3) is 0.423. The van der Waals surface area contributed by atoms with Crippen molar-refractivity contribution in [2.45, 2.75) is 52.1 Å². The van der Waals surface area contributed by atoms with Gasteiger partial charge in [0.05, 0.1) is 32.4 Å². The Morgan fingerprint density at radius 3 is 2.18 bits per heavy atom. The van der Waals surface area contributed by atoms with Crippen molar-refractivity contribution >= 4 is 57.3 Å². The van der Waals surface area contributed by atoms with Crippen LogP contribution in [0.3, 0.4) is 0 Å². The van der Waals surface area contributed by atoms with Crippen LogP contribution in [-0.4, -0.2) is 34.6 Å². The van der Waals surface area contributed by atoms with E-state index in [0.717, 1.165) is 61.8 Å². The van der Waals surface area contributed by atoms with E-state index in [2.05, 4.69) is 18.7 Å². The van der Waals surface area contributed by atoms with Crippen LogP contribution in [0.25, 0.3) is 22.2 Å². The van der Waals surface area contributed by atoms with E-state index in [4.69, 9.17) is 51.4 Å². The number of hydrogen-bond donors (Lipinski definition) is 1. The highest BCUT2D eigenvalue weighted by Crippen LogP contribution is 2.36. The maximum atomic E-state index is 11.3. The lowest BCUT2D eigenvalue weighted by atomic mass is 9.98. The predicted octanol–water partition coefficient (Wildman–Crippen LogP) is 8.84. The molecule has 0 aliphatic rings. The summed E-state index contributed by atoms with van der Waals surface area (Å²) in [6.07, 6.45) is 4.55. The molecule has 0 saturated carbocycles. The molecular weight excluding hydrogens is 498 g/mol. The first kappa shape index (κ1) is 26.5. The molecule has 33 heavy (non-hydrogen) atoms. The quantitative estimate of drug-likeness (QED) is 0.270. The number of pyridine rings is 1. The van der Waals surface area contributed by atoms with Crippen molar-refractivity contribution in [1.82, 2.24) is 9.88 Å². The molecule has 0 aliphatic heterocycles. The minimum atomic E-state index is -0.683. The van der Waals surface area contributed by atoms with Gasteiger partial charge in [-0.05, 0) is 68.2 Å². The van der Waals surface area contributed by atoms with Crippen LogP contribution in [0.5, 0.6) is 0 Å². The van der Waals surface area contributed by atoms with Crippen LogP contribution in [0.1, 0.15) is 57.6 Å². The molecule has 0 bridgehead atoms. The molecule has 1 heterocycles. The number of benzene rings is 2. The first-order valence-electron chi connectivity index (χ1n) is 11.5. The standard InChI is InChI=1S/C26H30Cl4N2O/c1-3-5-10-32(11-6-4-2)12-9-25(33)19-16-24(17-7-8-21(28)22(29)13-17)31-26-20(19)14-18(27)15-23(26)30/h7-8,13-16,25,33H,3-6,9-12H2,1-2H3. The normalized spacial score (nSPS) is 12.6. The summed E-state index contributed by atoms with van der Waals surface area (Å²) in [4.78, 5) is 7.21. The molecule has 1 unspecified atom stereocenters. The van der Waals surface area contributed by atoms with Gasteiger partial charge in [0, 0.05) is 22.5 Å². The minimum Gasteiger partial charge on any atom is -0.388 e. The van der Waals surface area contributed by atoms with Gasteiger partial charge in [-0.25, -0.2) is 4.98 Å². The van der Waals surface area contributed by atoms with Gasteiger partial charge in [0.25, 0.3) is 0 Å². The van der Waals surface area contributed by atoms with Gasteiger partial charge in [0.1, 0.15) is 0 Å². The Morgan fingerprint density at radius 2 is 1.55 bits per heavy atom. The molecule has 3 aromatic rings. The van der Waals surface area contributed by atoms with Gasteiger partial charge in [-0.2, -0.15) is 0 Å². The van der Waals surface area contributed by atoms with E-state index in [1.54, 1.807) is 18.2 Å². The second kappa shape index (κ2) is 12.6. The van der Waals surface area contributed by atoms with Gasteiger partial charge in [-0.3, -0.25) is 0 Å². The van der Waals surface area contributed by atoms with Gasteiger partial charge in [-0.15, -0.1) is 0 Å². The van der Waals surface area contributed by atoms with Crippen LogP contribution in [0.15, 0.2) is 36.4 Å². The predicted molar refractivity (Wildman–Crippen MR) is 143 cm³/mol. The molecule has 1 N–H and O–H groups in total. The molecule has 7 heteroatoms. The molecular formula is C26H30Cl4N2O. The van der Waals surface area contributed by atoms with Crippen LogP contribution in [0.4, 0.5) is 0 Å². The van der Waals surface area contributed by atoms with Crippen molar-refractivity contribution in [3.63, 3.8) is 0 Å². The Hall–Kier alpha value is -1.07. The highest BCUT2D eigenvalue weighted by molar-refractivity contribution is 6.42. The third-order valence-corrected chi connectivity index (χ3v) is 7.06. The maximum absolute atomic E-state index is 11.3. The Balaban J connectivity index is 1.97. The zero-order valence-corrected chi connectivity index (χ0v) is 22.1. The summed E-state index contributed by atoms with van der Waals surface area (Å²) in [5.41, 5.74) is 2.84. The Morgan fingerprint density at radius 1 is 0.848 bits per heavy atom. The molecule has 3 rings (SSSR count). The van der Waals surface area contributed by atoms with Crippen molar-refractivity contribution in [2.75, 3.05) is 19.6 Å². The van der Waals surface area contributed by atoms with Crippen LogP contribution in [-0.2, 0) is 0 Å². The first-order valence-corrected chi connectivity index (χ1v) is 13.0. The van der Waals surface area contributed by atoms with Crippen molar-refractivity contribution in [3.05, 3.63) is 62.1 Å². The molecule has 0 radical (unpaired) electrons. The maximum Gasteiger partial charge on any atom is 0.0900 e. The fourth-order valence-electron chi connectivity index (χ4n) is 3.92. The molecule has 1 aromatic heterocycles. The topological polar surface area (TPSA) is 36.4 Å². The second-order valence-electron chi connectivity index (χ2n) is 8.36. The molecule has 0 amide bonds. The van der Waals surface area contributed by atoms with Crippen LogP contribution in [0, 0.1) is 0 Å². The highest BCUT2D eigenvalue weighted by Gasteiger charge is 2.19. The lowest BCUT2D eigenvalue weighted by molar-refractivity contribution is 0.141. The van der Waals surface area contributed by atoms with Crippen molar-refractivity contribution < 1.29 is 5.11 Å². The van der Waals surface area contributed by atoms with E-state index in [-0.39, 0.29) is 0 Å². The van der Waals surface area contributed by atoms with E-state index in [1.165, 1.54) is 0 Å². The molecule has 0 spiro atoms. The average molecular weight is 528 g/mol. The summed E-state index contributed by atoms with van der Waals surface area (Å²) >= 11 is 25.2. The average Bonchev–Trinajstić information content (AvgIpc) is 2.79. The highest BCUT2D eigenvalue weighted by atomic mass is 35.5. The summed E-state index contributed by atoms with van der Waals surface area (Å²) in [5, 5.41) is 13.9. The Kier molecular flexibility index (Phi) is 10.1. The number of halogens is 4. The van der Waals surface area contributed by atoms with E-state index in [0.29, 0.717) is 37.7 Å². The van der Waals surface area contributed by atoms with Crippen molar-refractivity contribution in [2.24, 2.45) is 0 Å². The monoisotopic (exact) mass is 526 g/mol. The van der Waals surface area contributed by atoms with E-state index < -0.39 is 6.10 Å². The molecule has 0 aliphatic carbocycles. The smallest absolute Gasteiger partial charge is 0.0900 e. The van der Waals surface area contributed by atoms with Gasteiger partial charge in [-0.1, -0.05) is 79.2 Å². The third kappa shape index (κ3) is 6.97. The minimum absolute atomic E-state index is 0.445. The Labute approximate surface area is 216 Å². The van der Waals surface area contributed by atoms with E-state index >= 15 is 0 Å². The zero-order chi connectivity index (χ0) is 24.0. The van der Waals surface area contributed by atoms with Gasteiger partial charge < -0.3 is 10.0 Å². The van der Waals surface area contributed by atoms with Gasteiger partial charge in [0.2, 0.25) is 0 Å². The molecule has 0 fully saturated rings. The zero-order valence-electron chi connectivity index (χ0n) is 19.1. The second-order valence-corrected chi connectivity index (χ2v) is 10.0. The van der Waals surface area contributed by atoms with Crippen molar-refractivity contribution in [3.8, 4) is 11.3 Å². The van der Waals surface area contributed by atoms with Crippen LogP contribution >= 0.6 is 46.4 Å². The summed E-state index contributed by atoms with van der Waals surface area (Å²) in [6, 6.07) is 10.8. The summed E-state index contributed by atoms with van der Waals surface area (Å²) in [7, 11) is 0. The molecule has 2 aromatic carbocycles. The molecule has 178 valence electrons. The SMILES string of the molecule is CCCCN(CCCC)CCC(O)c1cc(-c2ccc(Cl)c(Cl)c2)nc2c(Cl)cc(Cl)cc12. The Bertz CT molecular complexity index is 1080. The molecule has 0 saturated heterocycles. The van der Waals surface area contributed by atoms with Gasteiger partial charge in [0.15, 0.2) is 0 Å². The fourth-order valence-corrected chi connectivity index (χ4v) is 4.75. The van der Waals surface area contributed by atoms with Gasteiger partial charge >= 0.3 is 0 Å². The summed E-state index contributed by atoms with van der Waals surface area (Å²) < 4.78 is 0. The largest absolute Gasteiger partial charge is 0.388 e. The van der Waals surface area contributed by atoms with Crippen LogP contribution < -0.4 is 0 Å². The molecule has 1 atom stereocenters. The number of aliphatic hydroxyl groups excluding tert-OH is 1. The lowest BCUT2D eigenvalue weighted by Gasteiger charge is -2.24.